The minimum Gasteiger partial charge on any atom is -0.456 e. The van der Waals surface area contributed by atoms with Crippen LogP contribution >= 0.6 is 0 Å². The van der Waals surface area contributed by atoms with Crippen molar-refractivity contribution in [1.82, 2.24) is 10.6 Å². The Morgan fingerprint density at radius 1 is 0.404 bits per heavy atom. The predicted octanol–water partition coefficient (Wildman–Crippen LogP) is 13.2. The average molecular weight is 732 g/mol. The molecule has 0 saturated heterocycles. The smallest absolute Gasteiger partial charge is 0.136 e. The molecule has 4 heteroatoms. The van der Waals surface area contributed by atoms with E-state index in [1.54, 1.807) is 0 Å². The summed E-state index contributed by atoms with van der Waals surface area (Å²) in [5, 5.41) is 14.4. The maximum Gasteiger partial charge on any atom is 0.136 e. The summed E-state index contributed by atoms with van der Waals surface area (Å²) in [5.74, 6) is 0.857. The van der Waals surface area contributed by atoms with Gasteiger partial charge in [0.2, 0.25) is 0 Å². The molecule has 57 heavy (non-hydrogen) atoms. The highest BCUT2D eigenvalue weighted by Gasteiger charge is 2.27. The van der Waals surface area contributed by atoms with Gasteiger partial charge >= 0.3 is 0 Å². The highest BCUT2D eigenvalue weighted by Crippen LogP contribution is 2.44. The second-order valence-corrected chi connectivity index (χ2v) is 14.8. The van der Waals surface area contributed by atoms with Gasteiger partial charge in [-0.15, -0.1) is 0 Å². The van der Waals surface area contributed by atoms with Gasteiger partial charge in [-0.25, -0.2) is 4.99 Å². The third-order valence-electron chi connectivity index (χ3n) is 11.3. The van der Waals surface area contributed by atoms with Crippen LogP contribution in [0.4, 0.5) is 0 Å². The summed E-state index contributed by atoms with van der Waals surface area (Å²) >= 11 is 0. The molecule has 9 aromatic carbocycles. The van der Waals surface area contributed by atoms with Gasteiger partial charge in [0, 0.05) is 16.3 Å². The van der Waals surface area contributed by atoms with Crippen LogP contribution in [-0.2, 0) is 0 Å². The summed E-state index contributed by atoms with van der Waals surface area (Å²) in [6, 6.07) is 71.2. The van der Waals surface area contributed by atoms with Crippen LogP contribution in [0.3, 0.4) is 0 Å². The first-order valence-corrected chi connectivity index (χ1v) is 19.5. The molecule has 270 valence electrons. The van der Waals surface area contributed by atoms with Gasteiger partial charge in [0.05, 0.1) is 0 Å². The molecule has 4 nitrogen and oxygen atoms in total. The summed E-state index contributed by atoms with van der Waals surface area (Å²) < 4.78 is 6.80. The monoisotopic (exact) mass is 731 g/mol. The zero-order chi connectivity index (χ0) is 37.7. The maximum atomic E-state index is 6.80. The normalized spacial score (nSPS) is 15.5. The standard InChI is InChI=1S/C53H37N3O/c1-4-15-34(16-5-1)37-23-14-24-38(29-37)41-31-46(50-47-30-39-21-10-11-22-40(39)32-48(47)57-49(50)33-41)44-27-28-45(43-26-13-12-25-42(43)44)53-55-51(35-17-6-2-7-18-35)54-52(56-53)36-19-8-3-9-20-36/h1-33,51-52,54H,(H,55,56). The largest absolute Gasteiger partial charge is 0.456 e. The van der Waals surface area contributed by atoms with Gasteiger partial charge in [0.1, 0.15) is 29.3 Å². The second kappa shape index (κ2) is 13.8. The topological polar surface area (TPSA) is 49.6 Å². The van der Waals surface area contributed by atoms with Crippen molar-refractivity contribution >= 4 is 49.3 Å². The number of rotatable bonds is 6. The molecule has 1 aromatic heterocycles. The fourth-order valence-electron chi connectivity index (χ4n) is 8.54. The first-order chi connectivity index (χ1) is 28.2. The van der Waals surface area contributed by atoms with E-state index in [-0.39, 0.29) is 12.3 Å². The Morgan fingerprint density at radius 2 is 1.00 bits per heavy atom. The lowest BCUT2D eigenvalue weighted by atomic mass is 9.89. The summed E-state index contributed by atoms with van der Waals surface area (Å²) in [4.78, 5) is 5.33. The SMILES string of the molecule is c1ccc(-c2cccc(-c3cc(-c4ccc(C5=NC(c6ccccc6)NC(c6ccccc6)N5)c5ccccc45)c4c(c3)oc3cc5ccccc5cc34)c2)cc1. The number of hydrogen-bond acceptors (Lipinski definition) is 4. The van der Waals surface area contributed by atoms with E-state index in [0.29, 0.717) is 0 Å². The molecule has 2 atom stereocenters. The van der Waals surface area contributed by atoms with Crippen molar-refractivity contribution in [1.29, 1.82) is 0 Å². The minimum atomic E-state index is -0.221. The molecular weight excluding hydrogens is 695 g/mol. The Labute approximate surface area is 330 Å². The summed E-state index contributed by atoms with van der Waals surface area (Å²) in [6.07, 6.45) is -0.349. The van der Waals surface area contributed by atoms with Gasteiger partial charge < -0.3 is 9.73 Å². The lowest BCUT2D eigenvalue weighted by Gasteiger charge is -2.32. The molecule has 0 aliphatic carbocycles. The van der Waals surface area contributed by atoms with E-state index in [2.05, 4.69) is 205 Å². The van der Waals surface area contributed by atoms with E-state index >= 15 is 0 Å². The number of nitrogens with zero attached hydrogens (tertiary/aromatic N) is 1. The van der Waals surface area contributed by atoms with Crippen LogP contribution in [0.5, 0.6) is 0 Å². The third kappa shape index (κ3) is 5.95. The van der Waals surface area contributed by atoms with Crippen LogP contribution in [-0.4, -0.2) is 5.84 Å². The van der Waals surface area contributed by atoms with Crippen LogP contribution in [0.25, 0.3) is 76.9 Å². The van der Waals surface area contributed by atoms with Crippen LogP contribution in [0, 0.1) is 0 Å². The van der Waals surface area contributed by atoms with E-state index in [1.165, 1.54) is 16.5 Å². The first-order valence-electron chi connectivity index (χ1n) is 19.5. The van der Waals surface area contributed by atoms with Crippen molar-refractivity contribution in [3.63, 3.8) is 0 Å². The van der Waals surface area contributed by atoms with Gasteiger partial charge in [0.25, 0.3) is 0 Å². The minimum absolute atomic E-state index is 0.127. The molecule has 0 saturated carbocycles. The number of fused-ring (bicyclic) bond motifs is 5. The lowest BCUT2D eigenvalue weighted by Crippen LogP contribution is -2.45. The van der Waals surface area contributed by atoms with Crippen LogP contribution in [0.2, 0.25) is 0 Å². The molecule has 10 aromatic rings. The number of aliphatic imine (C=N–C) groups is 1. The van der Waals surface area contributed by atoms with E-state index in [1.807, 2.05) is 6.07 Å². The summed E-state index contributed by atoms with van der Waals surface area (Å²) in [7, 11) is 0. The van der Waals surface area contributed by atoms with E-state index in [9.17, 15) is 0 Å². The van der Waals surface area contributed by atoms with E-state index in [0.717, 1.165) is 82.9 Å². The molecular formula is C53H37N3O. The Balaban J connectivity index is 1.13. The zero-order valence-electron chi connectivity index (χ0n) is 31.1. The average Bonchev–Trinajstić information content (AvgIpc) is 3.65. The predicted molar refractivity (Wildman–Crippen MR) is 236 cm³/mol. The molecule has 0 radical (unpaired) electrons. The van der Waals surface area contributed by atoms with Gasteiger partial charge in [-0.2, -0.15) is 0 Å². The molecule has 2 unspecified atom stereocenters. The van der Waals surface area contributed by atoms with Crippen molar-refractivity contribution in [3.05, 3.63) is 217 Å². The Morgan fingerprint density at radius 3 is 1.75 bits per heavy atom. The van der Waals surface area contributed by atoms with Crippen molar-refractivity contribution in [2.75, 3.05) is 0 Å². The summed E-state index contributed by atoms with van der Waals surface area (Å²) in [5.41, 5.74) is 12.0. The molecule has 2 heterocycles. The van der Waals surface area contributed by atoms with Crippen molar-refractivity contribution < 1.29 is 4.42 Å². The highest BCUT2D eigenvalue weighted by atomic mass is 16.3. The van der Waals surface area contributed by atoms with Crippen LogP contribution < -0.4 is 10.6 Å². The molecule has 2 N–H and O–H groups in total. The quantitative estimate of drug-likeness (QED) is 0.179. The van der Waals surface area contributed by atoms with E-state index in [4.69, 9.17) is 9.41 Å². The number of amidine groups is 1. The molecule has 0 spiro atoms. The maximum absolute atomic E-state index is 6.80. The Bertz CT molecular complexity index is 3130. The van der Waals surface area contributed by atoms with Crippen molar-refractivity contribution in [3.8, 4) is 33.4 Å². The van der Waals surface area contributed by atoms with E-state index < -0.39 is 0 Å². The van der Waals surface area contributed by atoms with Gasteiger partial charge in [-0.1, -0.05) is 170 Å². The number of benzene rings is 9. The van der Waals surface area contributed by atoms with Crippen molar-refractivity contribution in [2.24, 2.45) is 4.99 Å². The van der Waals surface area contributed by atoms with Gasteiger partial charge in [-0.05, 0) is 96.4 Å². The number of hydrogen-bond donors (Lipinski definition) is 2. The molecule has 0 fully saturated rings. The zero-order valence-corrected chi connectivity index (χ0v) is 31.1. The highest BCUT2D eigenvalue weighted by molar-refractivity contribution is 6.20. The Kier molecular flexibility index (Phi) is 8.01. The second-order valence-electron chi connectivity index (χ2n) is 14.8. The fraction of sp³-hybridized carbons (Fsp3) is 0.0377. The lowest BCUT2D eigenvalue weighted by molar-refractivity contribution is 0.409. The molecule has 0 amide bonds. The number of nitrogens with one attached hydrogen (secondary N) is 2. The fourth-order valence-corrected chi connectivity index (χ4v) is 8.54. The van der Waals surface area contributed by atoms with Crippen molar-refractivity contribution in [2.45, 2.75) is 12.3 Å². The van der Waals surface area contributed by atoms with Crippen LogP contribution in [0.15, 0.2) is 210 Å². The van der Waals surface area contributed by atoms with Crippen LogP contribution in [0.1, 0.15) is 29.0 Å². The number of furan rings is 1. The first kappa shape index (κ1) is 33.1. The molecule has 1 aliphatic rings. The molecule has 1 aliphatic heterocycles. The molecule has 11 rings (SSSR count). The molecule has 0 bridgehead atoms. The summed E-state index contributed by atoms with van der Waals surface area (Å²) in [6.45, 7) is 0. The Hall–Kier alpha value is -7.27. The van der Waals surface area contributed by atoms with Gasteiger partial charge in [-0.3, -0.25) is 5.32 Å². The van der Waals surface area contributed by atoms with Gasteiger partial charge in [0.15, 0.2) is 0 Å². The third-order valence-corrected chi connectivity index (χ3v) is 11.3.